The maximum absolute atomic E-state index is 13.1. The number of imide groups is 1. The highest BCUT2D eigenvalue weighted by Gasteiger charge is 2.49. The van der Waals surface area contributed by atoms with E-state index in [4.69, 9.17) is 14.2 Å². The number of methoxy groups -OCH3 is 1. The van der Waals surface area contributed by atoms with E-state index in [-0.39, 0.29) is 12.3 Å². The van der Waals surface area contributed by atoms with Gasteiger partial charge >= 0.3 is 6.03 Å². The lowest BCUT2D eigenvalue weighted by molar-refractivity contribution is -0.130. The van der Waals surface area contributed by atoms with Gasteiger partial charge in [0.2, 0.25) is 0 Å². The molecule has 2 aliphatic heterocycles. The molecule has 0 spiro atoms. The fourth-order valence-corrected chi connectivity index (χ4v) is 3.40. The third-order valence-corrected chi connectivity index (χ3v) is 5.11. The molecule has 2 aliphatic rings. The maximum Gasteiger partial charge on any atom is 0.325 e. The Kier molecular flexibility index (Phi) is 4.62. The third-order valence-electron chi connectivity index (χ3n) is 5.11. The molecule has 150 valence electrons. The van der Waals surface area contributed by atoms with Crippen LogP contribution in [0.4, 0.5) is 4.79 Å². The fraction of sp³-hybridized carbons (Fsp3) is 0.286. The zero-order valence-electron chi connectivity index (χ0n) is 16.1. The van der Waals surface area contributed by atoms with Crippen LogP contribution in [-0.4, -0.2) is 49.5 Å². The van der Waals surface area contributed by atoms with Gasteiger partial charge in [0.05, 0.1) is 13.7 Å². The molecule has 4 rings (SSSR count). The van der Waals surface area contributed by atoms with E-state index in [9.17, 15) is 14.4 Å². The van der Waals surface area contributed by atoms with Crippen LogP contribution >= 0.6 is 0 Å². The number of ketones is 1. The highest BCUT2D eigenvalue weighted by molar-refractivity contribution is 6.11. The van der Waals surface area contributed by atoms with Crippen molar-refractivity contribution in [2.75, 3.05) is 26.9 Å². The molecule has 2 heterocycles. The predicted octanol–water partition coefficient (Wildman–Crippen LogP) is 2.12. The molecule has 0 unspecified atom stereocenters. The van der Waals surface area contributed by atoms with Crippen LogP contribution in [0.3, 0.4) is 0 Å². The first kappa shape index (κ1) is 18.8. The number of nitrogens with zero attached hydrogens (tertiary/aromatic N) is 1. The fourth-order valence-electron chi connectivity index (χ4n) is 3.40. The van der Waals surface area contributed by atoms with Gasteiger partial charge in [-0.1, -0.05) is 6.07 Å². The highest BCUT2D eigenvalue weighted by atomic mass is 16.6. The van der Waals surface area contributed by atoms with Crippen molar-refractivity contribution in [2.24, 2.45) is 0 Å². The van der Waals surface area contributed by atoms with Gasteiger partial charge in [0.25, 0.3) is 5.91 Å². The summed E-state index contributed by atoms with van der Waals surface area (Å²) in [6.07, 6.45) is 0. The molecule has 0 aromatic heterocycles. The molecule has 1 fully saturated rings. The second-order valence-electron chi connectivity index (χ2n) is 6.96. The van der Waals surface area contributed by atoms with Crippen LogP contribution in [0.25, 0.3) is 0 Å². The van der Waals surface area contributed by atoms with Crippen molar-refractivity contribution >= 4 is 17.7 Å². The molecular formula is C21H20N2O6. The number of fused-ring (bicyclic) bond motifs is 1. The van der Waals surface area contributed by atoms with Gasteiger partial charge in [-0.2, -0.15) is 0 Å². The van der Waals surface area contributed by atoms with E-state index >= 15 is 0 Å². The Morgan fingerprint density at radius 2 is 1.79 bits per heavy atom. The normalized spacial score (nSPS) is 20.4. The van der Waals surface area contributed by atoms with E-state index in [2.05, 4.69) is 5.32 Å². The molecule has 0 aliphatic carbocycles. The van der Waals surface area contributed by atoms with Crippen LogP contribution in [-0.2, 0) is 10.3 Å². The van der Waals surface area contributed by atoms with E-state index in [0.717, 1.165) is 4.90 Å². The number of amides is 3. The van der Waals surface area contributed by atoms with Crippen LogP contribution < -0.4 is 19.5 Å². The first-order chi connectivity index (χ1) is 13.9. The Balaban J connectivity index is 1.55. The Labute approximate surface area is 167 Å². The standard InChI is InChI=1S/C21H20N2O6/c1-21(14-5-8-17-18(11-14)29-10-9-28-17)19(25)23(20(26)22-21)12-16(24)13-3-6-15(27-2)7-4-13/h3-8,11H,9-10,12H2,1-2H3,(H,22,26)/t21-/m1/s1. The van der Waals surface area contributed by atoms with Crippen molar-refractivity contribution in [1.29, 1.82) is 0 Å². The van der Waals surface area contributed by atoms with Gasteiger partial charge in [0, 0.05) is 5.56 Å². The summed E-state index contributed by atoms with van der Waals surface area (Å²) in [6.45, 7) is 2.13. The van der Waals surface area contributed by atoms with Crippen molar-refractivity contribution in [3.8, 4) is 17.2 Å². The van der Waals surface area contributed by atoms with Gasteiger partial charge in [-0.15, -0.1) is 0 Å². The number of ether oxygens (including phenoxy) is 3. The summed E-state index contributed by atoms with van der Waals surface area (Å²) in [4.78, 5) is 39.1. The van der Waals surface area contributed by atoms with Crippen molar-refractivity contribution in [2.45, 2.75) is 12.5 Å². The maximum atomic E-state index is 13.1. The van der Waals surface area contributed by atoms with E-state index in [1.54, 1.807) is 49.4 Å². The summed E-state index contributed by atoms with van der Waals surface area (Å²) in [6, 6.07) is 11.0. The number of urea groups is 1. The first-order valence-electron chi connectivity index (χ1n) is 9.14. The van der Waals surface area contributed by atoms with E-state index in [1.807, 2.05) is 0 Å². The molecule has 1 atom stereocenters. The SMILES string of the molecule is COc1ccc(C(=O)CN2C(=O)N[C@](C)(c3ccc4c(c3)OCCO4)C2=O)cc1. The average molecular weight is 396 g/mol. The third kappa shape index (κ3) is 3.26. The van der Waals surface area contributed by atoms with Crippen LogP contribution in [0.2, 0.25) is 0 Å². The topological polar surface area (TPSA) is 94.2 Å². The number of rotatable bonds is 5. The van der Waals surface area contributed by atoms with Crippen molar-refractivity contribution in [1.82, 2.24) is 10.2 Å². The Bertz CT molecular complexity index is 987. The minimum absolute atomic E-state index is 0.345. The Morgan fingerprint density at radius 1 is 1.10 bits per heavy atom. The number of hydrogen-bond acceptors (Lipinski definition) is 6. The van der Waals surface area contributed by atoms with Gasteiger partial charge < -0.3 is 19.5 Å². The summed E-state index contributed by atoms with van der Waals surface area (Å²) in [7, 11) is 1.53. The monoisotopic (exact) mass is 396 g/mol. The number of carbonyl (C=O) groups excluding carboxylic acids is 3. The number of nitrogens with one attached hydrogen (secondary N) is 1. The van der Waals surface area contributed by atoms with Gasteiger partial charge in [-0.25, -0.2) is 4.79 Å². The Hall–Kier alpha value is -3.55. The van der Waals surface area contributed by atoms with E-state index in [1.165, 1.54) is 7.11 Å². The van der Waals surface area contributed by atoms with Gasteiger partial charge in [0.15, 0.2) is 17.3 Å². The minimum Gasteiger partial charge on any atom is -0.497 e. The lowest BCUT2D eigenvalue weighted by atomic mass is 9.91. The molecule has 2 aromatic carbocycles. The van der Waals surface area contributed by atoms with E-state index in [0.29, 0.717) is 41.6 Å². The first-order valence-corrected chi connectivity index (χ1v) is 9.14. The molecule has 0 radical (unpaired) electrons. The van der Waals surface area contributed by atoms with Crippen LogP contribution in [0, 0.1) is 0 Å². The quantitative estimate of drug-likeness (QED) is 0.615. The minimum atomic E-state index is -1.30. The molecule has 1 N–H and O–H groups in total. The lowest BCUT2D eigenvalue weighted by Gasteiger charge is -2.25. The molecule has 1 saturated heterocycles. The summed E-state index contributed by atoms with van der Waals surface area (Å²) in [5, 5.41) is 2.70. The van der Waals surface area contributed by atoms with Gasteiger partial charge in [-0.05, 0) is 48.9 Å². The summed E-state index contributed by atoms with van der Waals surface area (Å²) >= 11 is 0. The summed E-state index contributed by atoms with van der Waals surface area (Å²) in [5.41, 5.74) is -0.355. The van der Waals surface area contributed by atoms with Crippen LogP contribution in [0.1, 0.15) is 22.8 Å². The van der Waals surface area contributed by atoms with Crippen molar-refractivity contribution in [3.05, 3.63) is 53.6 Å². The molecule has 8 nitrogen and oxygen atoms in total. The van der Waals surface area contributed by atoms with Crippen molar-refractivity contribution in [3.63, 3.8) is 0 Å². The zero-order chi connectivity index (χ0) is 20.6. The molecular weight excluding hydrogens is 376 g/mol. The zero-order valence-corrected chi connectivity index (χ0v) is 16.1. The van der Waals surface area contributed by atoms with Gasteiger partial charge in [0.1, 0.15) is 24.5 Å². The van der Waals surface area contributed by atoms with Gasteiger partial charge in [-0.3, -0.25) is 14.5 Å². The molecule has 8 heteroatoms. The molecule has 0 bridgehead atoms. The smallest absolute Gasteiger partial charge is 0.325 e. The molecule has 0 saturated carbocycles. The Morgan fingerprint density at radius 3 is 2.48 bits per heavy atom. The average Bonchev–Trinajstić information content (AvgIpc) is 2.97. The molecule has 29 heavy (non-hydrogen) atoms. The highest BCUT2D eigenvalue weighted by Crippen LogP contribution is 2.36. The molecule has 2 aromatic rings. The number of Topliss-reactive ketones (excluding diaryl/α,β-unsaturated/α-hetero) is 1. The number of hydrogen-bond donors (Lipinski definition) is 1. The summed E-state index contributed by atoms with van der Waals surface area (Å²) < 4.78 is 16.1. The number of benzene rings is 2. The summed E-state index contributed by atoms with van der Waals surface area (Å²) in [5.74, 6) is 0.878. The van der Waals surface area contributed by atoms with Crippen LogP contribution in [0.15, 0.2) is 42.5 Å². The largest absolute Gasteiger partial charge is 0.497 e. The number of carbonyl (C=O) groups is 3. The van der Waals surface area contributed by atoms with Crippen LogP contribution in [0.5, 0.6) is 17.2 Å². The lowest BCUT2D eigenvalue weighted by Crippen LogP contribution is -2.41. The predicted molar refractivity (Wildman–Crippen MR) is 102 cm³/mol. The second-order valence-corrected chi connectivity index (χ2v) is 6.96. The van der Waals surface area contributed by atoms with E-state index < -0.39 is 17.5 Å². The molecule has 3 amide bonds. The van der Waals surface area contributed by atoms with Crippen molar-refractivity contribution < 1.29 is 28.6 Å². The second kappa shape index (κ2) is 7.12.